The van der Waals surface area contributed by atoms with Crippen molar-refractivity contribution in [1.82, 2.24) is 19.0 Å². The van der Waals surface area contributed by atoms with E-state index in [0.717, 1.165) is 52.6 Å². The van der Waals surface area contributed by atoms with E-state index in [9.17, 15) is 0 Å². The van der Waals surface area contributed by atoms with Crippen molar-refractivity contribution in [2.24, 2.45) is 13.0 Å². The van der Waals surface area contributed by atoms with E-state index in [-0.39, 0.29) is 5.41 Å². The quantitative estimate of drug-likeness (QED) is 0.181. The van der Waals surface area contributed by atoms with Crippen LogP contribution in [0.15, 0.2) is 72.9 Å². The molecular weight excluding hydrogens is 714 g/mol. The van der Waals surface area contributed by atoms with Gasteiger partial charge >= 0.3 is 197 Å². The van der Waals surface area contributed by atoms with E-state index in [4.69, 9.17) is 9.72 Å². The molecule has 2 unspecified atom stereocenters. The maximum atomic E-state index is 6.49. The van der Waals surface area contributed by atoms with Gasteiger partial charge in [0.1, 0.15) is 0 Å². The number of likely N-dealkylation sites (tertiary alicyclic amines) is 1. The molecule has 1 fully saturated rings. The number of rotatable bonds is 4. The normalized spacial score (nSPS) is 18.9. The minimum atomic E-state index is 0.0410. The average Bonchev–Trinajstić information content (AvgIpc) is 3.25. The van der Waals surface area contributed by atoms with Crippen LogP contribution in [0, 0.1) is 21.9 Å². The van der Waals surface area contributed by atoms with Crippen molar-refractivity contribution < 1.29 is 24.1 Å². The molecule has 2 aromatic heterocycles. The third-order valence-corrected chi connectivity index (χ3v) is 10.2. The molecule has 0 N–H and O–H groups in total. The number of aromatic nitrogens is 3. The summed E-state index contributed by atoms with van der Waals surface area (Å²) in [7, 11) is 4.33. The van der Waals surface area contributed by atoms with Gasteiger partial charge in [0.15, 0.2) is 0 Å². The van der Waals surface area contributed by atoms with Gasteiger partial charge in [-0.15, -0.1) is 0 Å². The first-order valence-electron chi connectivity index (χ1n) is 15.0. The fourth-order valence-electron chi connectivity index (χ4n) is 6.67. The van der Waals surface area contributed by atoms with Gasteiger partial charge in [0.25, 0.3) is 0 Å². The summed E-state index contributed by atoms with van der Waals surface area (Å²) in [6, 6.07) is 30.4. The number of fused-ring (bicyclic) bond motifs is 4. The van der Waals surface area contributed by atoms with E-state index in [2.05, 4.69) is 140 Å². The van der Waals surface area contributed by atoms with Gasteiger partial charge < -0.3 is 4.90 Å². The molecule has 0 saturated carbocycles. The number of piperidine rings is 1. The zero-order chi connectivity index (χ0) is 29.9. The number of para-hydroxylation sites is 2. The zero-order valence-electron chi connectivity index (χ0n) is 25.4. The summed E-state index contributed by atoms with van der Waals surface area (Å²) < 4.78 is 12.0. The van der Waals surface area contributed by atoms with E-state index >= 15 is 0 Å². The minimum Gasteiger partial charge on any atom is 0.00197 e. The number of imidazole rings is 1. The molecule has 0 spiro atoms. The topological polar surface area (TPSA) is 38.5 Å². The Hall–Kier alpha value is -3.47. The third-order valence-electron chi connectivity index (χ3n) is 8.97. The summed E-state index contributed by atoms with van der Waals surface area (Å²) in [5, 5.41) is 0. The molecule has 224 valence electrons. The van der Waals surface area contributed by atoms with Crippen LogP contribution >= 0.6 is 0 Å². The molecule has 0 amide bonds. The molecule has 6 nitrogen and oxygen atoms in total. The molecule has 0 radical (unpaired) electrons. The summed E-state index contributed by atoms with van der Waals surface area (Å²) in [4.78, 5) is 9.69. The number of hydrogen-bond donors (Lipinski definition) is 0. The number of benzene rings is 3. The van der Waals surface area contributed by atoms with Crippen molar-refractivity contribution in [1.29, 1.82) is 0 Å². The zero-order valence-corrected chi connectivity index (χ0v) is 27.6. The molecule has 4 heterocycles. The summed E-state index contributed by atoms with van der Waals surface area (Å²) in [5.74, 6) is 3.38. The Kier molecular flexibility index (Phi) is 7.18. The Morgan fingerprint density at radius 3 is 2.51 bits per heavy atom. The third kappa shape index (κ3) is 5.19. The maximum absolute atomic E-state index is 6.49. The van der Waals surface area contributed by atoms with Crippen LogP contribution in [0.5, 0.6) is 11.5 Å². The summed E-state index contributed by atoms with van der Waals surface area (Å²) >= 11 is 2.38. The molecule has 43 heavy (non-hydrogen) atoms. The van der Waals surface area contributed by atoms with Crippen molar-refractivity contribution >= 4 is 22.5 Å². The summed E-state index contributed by atoms with van der Waals surface area (Å²) in [5.41, 5.74) is 7.00. The van der Waals surface area contributed by atoms with Crippen LogP contribution in [0.1, 0.15) is 44.2 Å². The summed E-state index contributed by atoms with van der Waals surface area (Å²) in [6.07, 6.45) is 3.10. The van der Waals surface area contributed by atoms with Gasteiger partial charge in [-0.25, -0.2) is 0 Å². The van der Waals surface area contributed by atoms with E-state index < -0.39 is 0 Å². The molecule has 3 aromatic carbocycles. The smallest absolute Gasteiger partial charge is 0.00197 e. The van der Waals surface area contributed by atoms with E-state index in [1.54, 1.807) is 0 Å². The number of hydrogen-bond acceptors (Lipinski definition) is 4. The van der Waals surface area contributed by atoms with Crippen LogP contribution in [-0.4, -0.2) is 45.7 Å². The van der Waals surface area contributed by atoms with Crippen LogP contribution in [0.25, 0.3) is 16.7 Å². The second-order valence-electron chi connectivity index (χ2n) is 12.9. The number of aryl methyl sites for hydroxylation is 1. The molecule has 0 bridgehead atoms. The van der Waals surface area contributed by atoms with Crippen LogP contribution in [0.4, 0.5) is 11.5 Å². The van der Waals surface area contributed by atoms with Crippen molar-refractivity contribution in [3.05, 3.63) is 100.0 Å². The molecule has 1 saturated heterocycles. The van der Waals surface area contributed by atoms with E-state index in [1.165, 1.54) is 16.6 Å². The summed E-state index contributed by atoms with van der Waals surface area (Å²) in [6.45, 7) is 9.88. The first kappa shape index (κ1) is 28.3. The second-order valence-corrected chi connectivity index (χ2v) is 14.0. The molecule has 2 atom stereocenters. The Bertz CT molecular complexity index is 1880. The van der Waals surface area contributed by atoms with Crippen LogP contribution < -0.4 is 9.64 Å². The Labute approximate surface area is 265 Å². The predicted molar refractivity (Wildman–Crippen MR) is 168 cm³/mol. The monoisotopic (exact) mass is 750 g/mol. The minimum absolute atomic E-state index is 0.0410. The number of anilines is 2. The number of ether oxygens (including phenoxy) is 1. The predicted octanol–water partition coefficient (Wildman–Crippen LogP) is 7.32. The molecule has 5 aromatic rings. The fraction of sp³-hybridized carbons (Fsp3) is 0.333. The van der Waals surface area contributed by atoms with Crippen molar-refractivity contribution in [2.75, 3.05) is 31.6 Å². The second kappa shape index (κ2) is 10.9. The van der Waals surface area contributed by atoms with Gasteiger partial charge in [0.05, 0.1) is 0 Å². The van der Waals surface area contributed by atoms with Gasteiger partial charge in [0.2, 0.25) is 0 Å². The number of pyridine rings is 1. The van der Waals surface area contributed by atoms with Gasteiger partial charge in [-0.2, -0.15) is 0 Å². The van der Waals surface area contributed by atoms with Crippen molar-refractivity contribution in [3.63, 3.8) is 0 Å². The van der Waals surface area contributed by atoms with Gasteiger partial charge in [-0.1, -0.05) is 20.8 Å². The van der Waals surface area contributed by atoms with Crippen LogP contribution in [-0.2, 0) is 31.8 Å². The Morgan fingerprint density at radius 2 is 1.70 bits per heavy atom. The van der Waals surface area contributed by atoms with Crippen LogP contribution in [0.2, 0.25) is 0 Å². The van der Waals surface area contributed by atoms with Crippen molar-refractivity contribution in [2.45, 2.75) is 38.5 Å². The van der Waals surface area contributed by atoms with Crippen molar-refractivity contribution in [3.8, 4) is 17.2 Å². The Balaban J connectivity index is 1.27. The Morgan fingerprint density at radius 1 is 0.907 bits per heavy atom. The first-order chi connectivity index (χ1) is 20.7. The average molecular weight is 751 g/mol. The van der Waals surface area contributed by atoms with Gasteiger partial charge in [-0.05, 0) is 30.6 Å². The molecule has 2 aliphatic rings. The molecule has 2 aliphatic heterocycles. The molecule has 0 aliphatic carbocycles. The van der Waals surface area contributed by atoms with Crippen LogP contribution in [0.3, 0.4) is 0 Å². The molecular formula is C36H37N5OPt-2. The molecule has 7 heteroatoms. The SMILES string of the molecule is CN1CCC2c3ccc(Oc4[c-]c(-n5[c](=[Pt])n(C)c6ccccc65)ccc4)[c-]c3N(c3cc(C(C)(C)C)ccn3)CC2C1. The standard InChI is InChI=1S/C36H37N5O.Pt/c1-36(2,3)26-15-17-37-35(19-26)40-23-25-22-38(4)18-16-30(25)31-14-13-29(21-34(31)40)42-28-10-8-9-27(20-28)41-24-39(5)32-11-6-7-12-33(32)41;/h6-15,17,19,25,30H,16,18,22-23H2,1-5H3;/q-2;. The fourth-order valence-corrected chi connectivity index (χ4v) is 7.49. The molecule has 7 rings (SSSR count). The van der Waals surface area contributed by atoms with E-state index in [1.807, 2.05) is 18.3 Å². The van der Waals surface area contributed by atoms with Gasteiger partial charge in [0, 0.05) is 12.7 Å². The van der Waals surface area contributed by atoms with Gasteiger partial charge in [-0.3, -0.25) is 0 Å². The first-order valence-corrected chi connectivity index (χ1v) is 16.1. The van der Waals surface area contributed by atoms with E-state index in [0.29, 0.717) is 23.3 Å². The number of nitrogens with zero attached hydrogens (tertiary/aromatic N) is 5.